The molecular weight excluding hydrogens is 264 g/mol. The molecule has 0 amide bonds. The highest BCUT2D eigenvalue weighted by atomic mass is 16.5. The van der Waals surface area contributed by atoms with Gasteiger partial charge in [0.1, 0.15) is 12.4 Å². The summed E-state index contributed by atoms with van der Waals surface area (Å²) in [5.74, 6) is 0.247. The summed E-state index contributed by atoms with van der Waals surface area (Å²) in [5.41, 5.74) is 2.53. The van der Waals surface area contributed by atoms with Crippen LogP contribution < -0.4 is 4.74 Å². The molecule has 21 heavy (non-hydrogen) atoms. The number of aliphatic carboxylic acids is 1. The summed E-state index contributed by atoms with van der Waals surface area (Å²) in [7, 11) is 0. The number of benzene rings is 1. The van der Waals surface area contributed by atoms with Crippen molar-refractivity contribution in [2.45, 2.75) is 34.1 Å². The van der Waals surface area contributed by atoms with Crippen LogP contribution in [0.25, 0.3) is 6.08 Å². The van der Waals surface area contributed by atoms with Gasteiger partial charge in [-0.2, -0.15) is 0 Å². The summed E-state index contributed by atoms with van der Waals surface area (Å²) < 4.78 is 5.58. The quantitative estimate of drug-likeness (QED) is 0.591. The fraction of sp³-hybridized carbons (Fsp3) is 0.389. The van der Waals surface area contributed by atoms with Gasteiger partial charge in [0.2, 0.25) is 0 Å². The van der Waals surface area contributed by atoms with Crippen LogP contribution in [0.3, 0.4) is 0 Å². The van der Waals surface area contributed by atoms with Crippen LogP contribution in [0, 0.1) is 5.92 Å². The largest absolute Gasteiger partial charge is 0.490 e. The Labute approximate surface area is 127 Å². The molecule has 1 aromatic carbocycles. The average molecular weight is 288 g/mol. The number of rotatable bonds is 7. The Bertz CT molecular complexity index is 518. The second-order valence-corrected chi connectivity index (χ2v) is 5.73. The maximum Gasteiger partial charge on any atom is 0.331 e. The van der Waals surface area contributed by atoms with Crippen molar-refractivity contribution in [1.82, 2.24) is 0 Å². The number of carboxylic acid groups (broad SMARTS) is 1. The van der Waals surface area contributed by atoms with Gasteiger partial charge in [0.15, 0.2) is 0 Å². The zero-order valence-corrected chi connectivity index (χ0v) is 13.2. The van der Waals surface area contributed by atoms with Crippen LogP contribution in [0.2, 0.25) is 0 Å². The molecule has 0 heterocycles. The third-order valence-corrected chi connectivity index (χ3v) is 2.87. The van der Waals surface area contributed by atoms with Gasteiger partial charge in [-0.3, -0.25) is 0 Å². The van der Waals surface area contributed by atoms with Gasteiger partial charge in [-0.1, -0.05) is 31.6 Å². The van der Waals surface area contributed by atoms with E-state index in [2.05, 4.69) is 0 Å². The highest BCUT2D eigenvalue weighted by Gasteiger charge is 2.09. The van der Waals surface area contributed by atoms with Crippen LogP contribution in [-0.2, 0) is 4.79 Å². The van der Waals surface area contributed by atoms with E-state index in [0.717, 1.165) is 11.3 Å². The van der Waals surface area contributed by atoms with Crippen molar-refractivity contribution in [3.8, 4) is 5.75 Å². The minimum absolute atomic E-state index is 0.319. The first-order chi connectivity index (χ1) is 9.88. The van der Waals surface area contributed by atoms with Crippen LogP contribution >= 0.6 is 0 Å². The van der Waals surface area contributed by atoms with Crippen molar-refractivity contribution in [3.05, 3.63) is 47.1 Å². The Morgan fingerprint density at radius 3 is 2.33 bits per heavy atom. The predicted molar refractivity (Wildman–Crippen MR) is 86.4 cm³/mol. The summed E-state index contributed by atoms with van der Waals surface area (Å²) in [6, 6.07) is 7.47. The molecule has 1 aromatic rings. The van der Waals surface area contributed by atoms with Crippen molar-refractivity contribution in [2.24, 2.45) is 5.92 Å². The molecule has 3 heteroatoms. The van der Waals surface area contributed by atoms with E-state index < -0.39 is 5.97 Å². The molecule has 114 valence electrons. The Balaban J connectivity index is 2.76. The predicted octanol–water partition coefficient (Wildman–Crippen LogP) is 4.55. The fourth-order valence-electron chi connectivity index (χ4n) is 1.81. The minimum Gasteiger partial charge on any atom is -0.490 e. The third kappa shape index (κ3) is 6.80. The molecule has 0 aromatic heterocycles. The number of hydrogen-bond acceptors (Lipinski definition) is 2. The van der Waals surface area contributed by atoms with Crippen LogP contribution in [0.5, 0.6) is 5.75 Å². The second kappa shape index (κ2) is 8.30. The average Bonchev–Trinajstić information content (AvgIpc) is 2.39. The minimum atomic E-state index is -0.854. The number of hydrogen-bond donors (Lipinski definition) is 1. The first-order valence-electron chi connectivity index (χ1n) is 7.18. The van der Waals surface area contributed by atoms with Gasteiger partial charge in [-0.25, -0.2) is 4.79 Å². The van der Waals surface area contributed by atoms with Crippen molar-refractivity contribution < 1.29 is 14.6 Å². The van der Waals surface area contributed by atoms with Gasteiger partial charge < -0.3 is 9.84 Å². The summed E-state index contributed by atoms with van der Waals surface area (Å²) in [4.78, 5) is 11.2. The molecule has 3 nitrogen and oxygen atoms in total. The van der Waals surface area contributed by atoms with Crippen LogP contribution in [0.1, 0.15) is 39.7 Å². The molecule has 0 radical (unpaired) electrons. The molecule has 0 fully saturated rings. The smallest absolute Gasteiger partial charge is 0.331 e. The van der Waals surface area contributed by atoms with Gasteiger partial charge in [0.25, 0.3) is 0 Å². The van der Waals surface area contributed by atoms with E-state index in [1.165, 1.54) is 5.57 Å². The van der Waals surface area contributed by atoms with Crippen LogP contribution in [0.4, 0.5) is 0 Å². The highest BCUT2D eigenvalue weighted by Crippen LogP contribution is 2.18. The lowest BCUT2D eigenvalue weighted by Gasteiger charge is -2.07. The van der Waals surface area contributed by atoms with Crippen LogP contribution in [-0.4, -0.2) is 17.7 Å². The lowest BCUT2D eigenvalue weighted by atomic mass is 10.0. The Morgan fingerprint density at radius 2 is 1.86 bits per heavy atom. The van der Waals surface area contributed by atoms with E-state index in [9.17, 15) is 9.90 Å². The molecule has 1 rings (SSSR count). The number of carbonyl (C=O) groups is 1. The molecule has 0 aliphatic heterocycles. The molecular formula is C18H24O3. The molecule has 0 spiro atoms. The first-order valence-corrected chi connectivity index (χ1v) is 7.18. The lowest BCUT2D eigenvalue weighted by molar-refractivity contribution is -0.132. The van der Waals surface area contributed by atoms with E-state index in [1.807, 2.05) is 58.0 Å². The van der Waals surface area contributed by atoms with Crippen molar-refractivity contribution in [3.63, 3.8) is 0 Å². The summed E-state index contributed by atoms with van der Waals surface area (Å²) >= 11 is 0. The summed E-state index contributed by atoms with van der Waals surface area (Å²) in [6.45, 7) is 8.62. The molecule has 1 N–H and O–H groups in total. The van der Waals surface area contributed by atoms with Gasteiger partial charge >= 0.3 is 5.97 Å². The molecule has 0 aliphatic rings. The van der Waals surface area contributed by atoms with Crippen molar-refractivity contribution in [1.29, 1.82) is 0 Å². The maximum absolute atomic E-state index is 11.2. The Morgan fingerprint density at radius 1 is 1.24 bits per heavy atom. The van der Waals surface area contributed by atoms with Crippen molar-refractivity contribution >= 4 is 12.0 Å². The van der Waals surface area contributed by atoms with E-state index in [0.29, 0.717) is 24.5 Å². The van der Waals surface area contributed by atoms with Gasteiger partial charge in [0, 0.05) is 5.57 Å². The second-order valence-electron chi connectivity index (χ2n) is 5.73. The monoisotopic (exact) mass is 288 g/mol. The highest BCUT2D eigenvalue weighted by molar-refractivity contribution is 5.92. The van der Waals surface area contributed by atoms with E-state index in [1.54, 1.807) is 6.08 Å². The zero-order chi connectivity index (χ0) is 15.8. The summed E-state index contributed by atoms with van der Waals surface area (Å²) in [5, 5.41) is 9.21. The van der Waals surface area contributed by atoms with Gasteiger partial charge in [0.05, 0.1) is 0 Å². The van der Waals surface area contributed by atoms with Gasteiger partial charge in [-0.05, 0) is 56.0 Å². The van der Waals surface area contributed by atoms with E-state index in [-0.39, 0.29) is 0 Å². The topological polar surface area (TPSA) is 46.5 Å². The number of carboxylic acids is 1. The van der Waals surface area contributed by atoms with E-state index >= 15 is 0 Å². The van der Waals surface area contributed by atoms with Crippen molar-refractivity contribution in [2.75, 3.05) is 6.61 Å². The zero-order valence-electron chi connectivity index (χ0n) is 13.2. The molecule has 0 saturated carbocycles. The molecule has 0 aliphatic carbocycles. The molecule has 0 saturated heterocycles. The Hall–Kier alpha value is -2.03. The normalized spacial score (nSPS) is 11.4. The SMILES string of the molecule is CC(C)=CCOc1ccc(/C=C(\CC(C)C)C(=O)O)cc1. The number of ether oxygens (including phenoxy) is 1. The first kappa shape index (κ1) is 17.0. The van der Waals surface area contributed by atoms with Crippen LogP contribution in [0.15, 0.2) is 41.5 Å². The third-order valence-electron chi connectivity index (χ3n) is 2.87. The standard InChI is InChI=1S/C18H24O3/c1-13(2)9-10-21-17-7-5-15(6-8-17)12-16(18(19)20)11-14(3)4/h5-9,12,14H,10-11H2,1-4H3,(H,19,20)/b16-12+. The van der Waals surface area contributed by atoms with Gasteiger partial charge in [-0.15, -0.1) is 0 Å². The number of allylic oxidation sites excluding steroid dienone is 1. The molecule has 0 atom stereocenters. The van der Waals surface area contributed by atoms with E-state index in [4.69, 9.17) is 4.74 Å². The molecule has 0 bridgehead atoms. The Kier molecular flexibility index (Phi) is 6.73. The maximum atomic E-state index is 11.2. The summed E-state index contributed by atoms with van der Waals surface area (Å²) in [6.07, 6.45) is 4.30. The molecule has 0 unspecified atom stereocenters. The fourth-order valence-corrected chi connectivity index (χ4v) is 1.81. The lowest BCUT2D eigenvalue weighted by Crippen LogP contribution is -2.03.